The molecule has 1 aromatic carbocycles. The maximum atomic E-state index is 12.3. The van der Waals surface area contributed by atoms with Crippen LogP contribution in [0.15, 0.2) is 24.3 Å². The van der Waals surface area contributed by atoms with Gasteiger partial charge in [-0.1, -0.05) is 12.1 Å². The maximum absolute atomic E-state index is 12.3. The normalized spacial score (nSPS) is 22.8. The zero-order chi connectivity index (χ0) is 19.3. The molecule has 0 spiro atoms. The fourth-order valence-electron chi connectivity index (χ4n) is 3.40. The van der Waals surface area contributed by atoms with E-state index in [9.17, 15) is 9.90 Å². The highest BCUT2D eigenvalue weighted by atomic mass is 16.5. The summed E-state index contributed by atoms with van der Waals surface area (Å²) in [6.07, 6.45) is 0.281. The van der Waals surface area contributed by atoms with Crippen LogP contribution in [0.2, 0.25) is 0 Å². The standard InChI is InChI=1S/C19H32N4O3/c1-14-10-23(11-15(2)26-14)17-9-7-6-8-16(17)21-18(24)20-12-19(3,25)13-22(4)5/h6-9,14-15,25H,10-13H2,1-5H3,(H2,20,21,24)/t14-,15+,19-/m1/s1. The highest BCUT2D eigenvalue weighted by Crippen LogP contribution is 2.28. The number of rotatable bonds is 6. The molecule has 146 valence electrons. The van der Waals surface area contributed by atoms with Crippen molar-refractivity contribution in [2.24, 2.45) is 0 Å². The lowest BCUT2D eigenvalue weighted by atomic mass is 10.1. The molecule has 26 heavy (non-hydrogen) atoms. The van der Waals surface area contributed by atoms with Crippen molar-refractivity contribution in [2.45, 2.75) is 38.6 Å². The number of carbonyl (C=O) groups is 1. The molecule has 1 saturated heterocycles. The smallest absolute Gasteiger partial charge is 0.319 e. The van der Waals surface area contributed by atoms with Gasteiger partial charge in [-0.2, -0.15) is 0 Å². The lowest BCUT2D eigenvalue weighted by Crippen LogP contribution is -2.48. The van der Waals surface area contributed by atoms with Gasteiger partial charge in [-0.25, -0.2) is 4.79 Å². The van der Waals surface area contributed by atoms with Crippen molar-refractivity contribution in [1.29, 1.82) is 0 Å². The molecule has 2 amide bonds. The Bertz CT molecular complexity index is 596. The van der Waals surface area contributed by atoms with Crippen LogP contribution < -0.4 is 15.5 Å². The van der Waals surface area contributed by atoms with Crippen molar-refractivity contribution in [3.63, 3.8) is 0 Å². The number of para-hydroxylation sites is 2. The highest BCUT2D eigenvalue weighted by molar-refractivity contribution is 5.93. The summed E-state index contributed by atoms with van der Waals surface area (Å²) in [6, 6.07) is 7.42. The number of nitrogens with zero attached hydrogens (tertiary/aromatic N) is 2. The summed E-state index contributed by atoms with van der Waals surface area (Å²) < 4.78 is 5.79. The van der Waals surface area contributed by atoms with Crippen LogP contribution in [0, 0.1) is 0 Å². The van der Waals surface area contributed by atoms with Gasteiger partial charge in [-0.3, -0.25) is 0 Å². The number of anilines is 2. The minimum Gasteiger partial charge on any atom is -0.387 e. The number of ether oxygens (including phenoxy) is 1. The van der Waals surface area contributed by atoms with Gasteiger partial charge in [0.15, 0.2) is 0 Å². The quantitative estimate of drug-likeness (QED) is 0.717. The molecule has 1 aliphatic rings. The Labute approximate surface area is 156 Å². The van der Waals surface area contributed by atoms with Gasteiger partial charge in [-0.05, 0) is 47.0 Å². The number of hydrogen-bond acceptors (Lipinski definition) is 5. The number of morpholine rings is 1. The zero-order valence-corrected chi connectivity index (χ0v) is 16.5. The van der Waals surface area contributed by atoms with Gasteiger partial charge >= 0.3 is 6.03 Å². The number of carbonyl (C=O) groups excluding carboxylic acids is 1. The summed E-state index contributed by atoms with van der Waals surface area (Å²) in [4.78, 5) is 16.4. The molecule has 1 heterocycles. The first-order valence-electron chi connectivity index (χ1n) is 9.08. The Morgan fingerprint density at radius 1 is 1.31 bits per heavy atom. The molecule has 7 heteroatoms. The van der Waals surface area contributed by atoms with E-state index in [4.69, 9.17) is 4.74 Å². The minimum atomic E-state index is -0.991. The van der Waals surface area contributed by atoms with E-state index >= 15 is 0 Å². The van der Waals surface area contributed by atoms with E-state index in [1.54, 1.807) is 6.92 Å². The molecular weight excluding hydrogens is 332 g/mol. The molecule has 1 fully saturated rings. The Morgan fingerprint density at radius 2 is 1.92 bits per heavy atom. The van der Waals surface area contributed by atoms with Crippen LogP contribution in [-0.2, 0) is 4.74 Å². The number of aliphatic hydroxyl groups is 1. The third kappa shape index (κ3) is 6.16. The number of hydrogen-bond donors (Lipinski definition) is 3. The van der Waals surface area contributed by atoms with Crippen LogP contribution in [0.1, 0.15) is 20.8 Å². The molecule has 0 radical (unpaired) electrons. The average Bonchev–Trinajstić information content (AvgIpc) is 2.51. The predicted octanol–water partition coefficient (Wildman–Crippen LogP) is 1.73. The van der Waals surface area contributed by atoms with Crippen LogP contribution in [0.4, 0.5) is 16.2 Å². The molecule has 0 aromatic heterocycles. The summed E-state index contributed by atoms with van der Waals surface area (Å²) in [5.41, 5.74) is 0.735. The van der Waals surface area contributed by atoms with Crippen LogP contribution in [0.25, 0.3) is 0 Å². The van der Waals surface area contributed by atoms with Crippen LogP contribution in [-0.4, -0.2) is 74.1 Å². The molecule has 0 unspecified atom stereocenters. The number of urea groups is 1. The predicted molar refractivity (Wildman–Crippen MR) is 105 cm³/mol. The Morgan fingerprint density at radius 3 is 2.54 bits per heavy atom. The molecule has 3 atom stereocenters. The monoisotopic (exact) mass is 364 g/mol. The van der Waals surface area contributed by atoms with Gasteiger partial charge in [0, 0.05) is 26.2 Å². The molecule has 3 N–H and O–H groups in total. The second kappa shape index (κ2) is 8.70. The maximum Gasteiger partial charge on any atom is 0.319 e. The van der Waals surface area contributed by atoms with E-state index in [1.807, 2.05) is 43.3 Å². The number of benzene rings is 1. The number of amides is 2. The molecule has 2 rings (SSSR count). The van der Waals surface area contributed by atoms with Gasteiger partial charge in [0.2, 0.25) is 0 Å². The first-order valence-corrected chi connectivity index (χ1v) is 9.08. The van der Waals surface area contributed by atoms with Gasteiger partial charge in [0.25, 0.3) is 0 Å². The van der Waals surface area contributed by atoms with Crippen molar-refractivity contribution < 1.29 is 14.6 Å². The van der Waals surface area contributed by atoms with E-state index in [1.165, 1.54) is 0 Å². The van der Waals surface area contributed by atoms with Crippen molar-refractivity contribution in [3.05, 3.63) is 24.3 Å². The Hall–Kier alpha value is -1.83. The third-order valence-electron chi connectivity index (χ3n) is 4.20. The van der Waals surface area contributed by atoms with Gasteiger partial charge in [0.1, 0.15) is 0 Å². The van der Waals surface area contributed by atoms with Crippen LogP contribution in [0.3, 0.4) is 0 Å². The first-order chi connectivity index (χ1) is 12.2. The molecule has 0 aliphatic carbocycles. The molecular formula is C19H32N4O3. The van der Waals surface area contributed by atoms with Crippen LogP contribution in [0.5, 0.6) is 0 Å². The molecule has 0 bridgehead atoms. The zero-order valence-electron chi connectivity index (χ0n) is 16.5. The first kappa shape index (κ1) is 20.5. The molecule has 0 saturated carbocycles. The van der Waals surface area contributed by atoms with Crippen LogP contribution >= 0.6 is 0 Å². The molecule has 1 aliphatic heterocycles. The minimum absolute atomic E-state index is 0.141. The molecule has 1 aromatic rings. The van der Waals surface area contributed by atoms with Crippen molar-refractivity contribution in [2.75, 3.05) is 50.5 Å². The average molecular weight is 364 g/mol. The van der Waals surface area contributed by atoms with Crippen molar-refractivity contribution >= 4 is 17.4 Å². The summed E-state index contributed by atoms with van der Waals surface area (Å²) in [5, 5.41) is 16.0. The van der Waals surface area contributed by atoms with Crippen molar-refractivity contribution in [1.82, 2.24) is 10.2 Å². The van der Waals surface area contributed by atoms with E-state index in [2.05, 4.69) is 29.4 Å². The SMILES string of the molecule is C[C@@H]1CN(c2ccccc2NC(=O)NC[C@@](C)(O)CN(C)C)C[C@H](C)O1. The summed E-state index contributed by atoms with van der Waals surface area (Å²) in [6.45, 7) is 8.01. The van der Waals surface area contributed by atoms with E-state index in [-0.39, 0.29) is 24.8 Å². The molecule has 7 nitrogen and oxygen atoms in total. The lowest BCUT2D eigenvalue weighted by molar-refractivity contribution is -0.00517. The fourth-order valence-corrected chi connectivity index (χ4v) is 3.40. The second-order valence-corrected chi connectivity index (χ2v) is 7.72. The van der Waals surface area contributed by atoms with E-state index in [0.29, 0.717) is 6.54 Å². The number of nitrogens with one attached hydrogen (secondary N) is 2. The number of likely N-dealkylation sites (N-methyl/N-ethyl adjacent to an activating group) is 1. The van der Waals surface area contributed by atoms with E-state index in [0.717, 1.165) is 24.5 Å². The van der Waals surface area contributed by atoms with Gasteiger partial charge < -0.3 is 30.3 Å². The van der Waals surface area contributed by atoms with Gasteiger partial charge in [-0.15, -0.1) is 0 Å². The Balaban J connectivity index is 2.00. The summed E-state index contributed by atoms with van der Waals surface area (Å²) >= 11 is 0. The second-order valence-electron chi connectivity index (χ2n) is 7.72. The summed E-state index contributed by atoms with van der Waals surface area (Å²) in [5.74, 6) is 0. The third-order valence-corrected chi connectivity index (χ3v) is 4.20. The fraction of sp³-hybridized carbons (Fsp3) is 0.632. The van der Waals surface area contributed by atoms with Crippen molar-refractivity contribution in [3.8, 4) is 0 Å². The highest BCUT2D eigenvalue weighted by Gasteiger charge is 2.25. The van der Waals surface area contributed by atoms with E-state index < -0.39 is 5.60 Å². The largest absolute Gasteiger partial charge is 0.387 e. The van der Waals surface area contributed by atoms with Gasteiger partial charge in [0.05, 0.1) is 29.2 Å². The lowest BCUT2D eigenvalue weighted by Gasteiger charge is -2.37. The summed E-state index contributed by atoms with van der Waals surface area (Å²) in [7, 11) is 3.77. The topological polar surface area (TPSA) is 77.1 Å². The Kier molecular flexibility index (Phi) is 6.86.